The molecule has 5 heteroatoms. The average molecular weight is 248 g/mol. The molecule has 0 amide bonds. The topological polar surface area (TPSA) is 49.8 Å². The molecule has 2 aromatic rings. The fourth-order valence-corrected chi connectivity index (χ4v) is 1.84. The highest BCUT2D eigenvalue weighted by Crippen LogP contribution is 2.27. The van der Waals surface area contributed by atoms with Gasteiger partial charge in [-0.25, -0.2) is 9.37 Å². The van der Waals surface area contributed by atoms with Crippen LogP contribution in [-0.2, 0) is 0 Å². The lowest BCUT2D eigenvalue weighted by Crippen LogP contribution is -1.88. The van der Waals surface area contributed by atoms with E-state index in [9.17, 15) is 4.39 Å². The molecule has 1 atom stereocenters. The van der Waals surface area contributed by atoms with Gasteiger partial charge in [0.25, 0.3) is 5.22 Å². The Kier molecular flexibility index (Phi) is 3.45. The van der Waals surface area contributed by atoms with E-state index in [1.165, 1.54) is 23.9 Å². The molecule has 0 unspecified atom stereocenters. The van der Waals surface area contributed by atoms with Crippen molar-refractivity contribution in [2.24, 2.45) is 0 Å². The number of nitrogens with zero attached hydrogens (tertiary/aromatic N) is 2. The van der Waals surface area contributed by atoms with Crippen LogP contribution in [0.3, 0.4) is 0 Å². The van der Waals surface area contributed by atoms with Crippen LogP contribution in [0.5, 0.6) is 0 Å². The number of benzene rings is 1. The lowest BCUT2D eigenvalue weighted by molar-refractivity contribution is 0.465. The summed E-state index contributed by atoms with van der Waals surface area (Å²) in [5.74, 6) is 0.276. The molecule has 0 saturated carbocycles. The molecule has 0 aliphatic carbocycles. The molecule has 1 heterocycles. The van der Waals surface area contributed by atoms with Gasteiger partial charge < -0.3 is 4.42 Å². The Hall–Kier alpha value is -1.80. The first-order valence-electron chi connectivity index (χ1n) is 4.97. The molecule has 0 fully saturated rings. The highest BCUT2D eigenvalue weighted by Gasteiger charge is 2.10. The SMILES string of the molecule is C[C@H](C#N)Sc1ncc(-c2ccc(F)cc2)o1. The Labute approximate surface area is 102 Å². The van der Waals surface area contributed by atoms with Gasteiger partial charge in [-0.1, -0.05) is 0 Å². The second kappa shape index (κ2) is 5.02. The number of rotatable bonds is 3. The number of halogens is 1. The second-order valence-electron chi connectivity index (χ2n) is 3.39. The zero-order chi connectivity index (χ0) is 12.3. The molecule has 0 aliphatic heterocycles. The zero-order valence-electron chi connectivity index (χ0n) is 9.05. The van der Waals surface area contributed by atoms with E-state index in [4.69, 9.17) is 9.68 Å². The molecule has 0 aliphatic rings. The molecule has 0 radical (unpaired) electrons. The molecule has 0 N–H and O–H groups in total. The molecular weight excluding hydrogens is 239 g/mol. The number of nitriles is 1. The van der Waals surface area contributed by atoms with Crippen LogP contribution >= 0.6 is 11.8 Å². The Morgan fingerprint density at radius 1 is 1.41 bits per heavy atom. The maximum atomic E-state index is 12.7. The van der Waals surface area contributed by atoms with Crippen molar-refractivity contribution in [1.82, 2.24) is 4.98 Å². The van der Waals surface area contributed by atoms with Crippen LogP contribution in [-0.4, -0.2) is 10.2 Å². The first-order chi connectivity index (χ1) is 8.19. The summed E-state index contributed by atoms with van der Waals surface area (Å²) in [5.41, 5.74) is 0.760. The van der Waals surface area contributed by atoms with Gasteiger partial charge in [0.2, 0.25) is 0 Å². The second-order valence-corrected chi connectivity index (χ2v) is 4.68. The summed E-state index contributed by atoms with van der Waals surface area (Å²) in [6, 6.07) is 8.06. The van der Waals surface area contributed by atoms with E-state index >= 15 is 0 Å². The highest BCUT2D eigenvalue weighted by molar-refractivity contribution is 7.99. The maximum Gasteiger partial charge on any atom is 0.257 e. The zero-order valence-corrected chi connectivity index (χ0v) is 9.87. The minimum absolute atomic E-state index is 0.213. The Morgan fingerprint density at radius 2 is 2.12 bits per heavy atom. The molecule has 1 aromatic carbocycles. The van der Waals surface area contributed by atoms with E-state index in [1.807, 2.05) is 0 Å². The summed E-state index contributed by atoms with van der Waals surface area (Å²) in [7, 11) is 0. The van der Waals surface area contributed by atoms with E-state index in [1.54, 1.807) is 25.3 Å². The van der Waals surface area contributed by atoms with Crippen molar-refractivity contribution in [2.75, 3.05) is 0 Å². The van der Waals surface area contributed by atoms with E-state index < -0.39 is 0 Å². The smallest absolute Gasteiger partial charge is 0.257 e. The average Bonchev–Trinajstić information content (AvgIpc) is 2.78. The van der Waals surface area contributed by atoms with Gasteiger partial charge >= 0.3 is 0 Å². The summed E-state index contributed by atoms with van der Waals surface area (Å²) < 4.78 is 18.2. The normalized spacial score (nSPS) is 12.1. The molecule has 0 saturated heterocycles. The fraction of sp³-hybridized carbons (Fsp3) is 0.167. The maximum absolute atomic E-state index is 12.7. The predicted octanol–water partition coefficient (Wildman–Crippen LogP) is 3.48. The number of aromatic nitrogens is 1. The van der Waals surface area contributed by atoms with Crippen LogP contribution in [0.2, 0.25) is 0 Å². The molecule has 86 valence electrons. The molecule has 17 heavy (non-hydrogen) atoms. The van der Waals surface area contributed by atoms with Crippen LogP contribution < -0.4 is 0 Å². The molecular formula is C12H9FN2OS. The van der Waals surface area contributed by atoms with Gasteiger partial charge in [-0.3, -0.25) is 0 Å². The summed E-state index contributed by atoms with van der Waals surface area (Å²) in [6.45, 7) is 1.77. The summed E-state index contributed by atoms with van der Waals surface area (Å²) in [4.78, 5) is 4.05. The van der Waals surface area contributed by atoms with Crippen LogP contribution in [0.4, 0.5) is 4.39 Å². The van der Waals surface area contributed by atoms with Crippen LogP contribution in [0.1, 0.15) is 6.92 Å². The van der Waals surface area contributed by atoms with Crippen LogP contribution in [0.25, 0.3) is 11.3 Å². The van der Waals surface area contributed by atoms with Gasteiger partial charge in [-0.15, -0.1) is 0 Å². The number of hydrogen-bond donors (Lipinski definition) is 0. The van der Waals surface area contributed by atoms with Gasteiger partial charge in [0.1, 0.15) is 5.82 Å². The van der Waals surface area contributed by atoms with Gasteiger partial charge in [0.15, 0.2) is 5.76 Å². The van der Waals surface area contributed by atoms with Crippen molar-refractivity contribution < 1.29 is 8.81 Å². The van der Waals surface area contributed by atoms with E-state index in [0.29, 0.717) is 11.0 Å². The van der Waals surface area contributed by atoms with Crippen molar-refractivity contribution in [3.8, 4) is 17.4 Å². The standard InChI is InChI=1S/C12H9FN2OS/c1-8(6-14)17-12-15-7-11(16-12)9-2-4-10(13)5-3-9/h2-5,7-8H,1H3/t8-/m1/s1. The van der Waals surface area contributed by atoms with Crippen molar-refractivity contribution >= 4 is 11.8 Å². The van der Waals surface area contributed by atoms with Crippen LogP contribution in [0, 0.1) is 17.1 Å². The van der Waals surface area contributed by atoms with E-state index in [0.717, 1.165) is 5.56 Å². The fourth-order valence-electron chi connectivity index (χ4n) is 1.24. The summed E-state index contributed by atoms with van der Waals surface area (Å²) in [6.07, 6.45) is 1.57. The third-order valence-corrected chi connectivity index (χ3v) is 2.92. The van der Waals surface area contributed by atoms with E-state index in [2.05, 4.69) is 11.1 Å². The predicted molar refractivity (Wildman–Crippen MR) is 62.8 cm³/mol. The molecule has 2 rings (SSSR count). The first kappa shape index (κ1) is 11.7. The third kappa shape index (κ3) is 2.86. The van der Waals surface area contributed by atoms with Gasteiger partial charge in [0.05, 0.1) is 17.5 Å². The lowest BCUT2D eigenvalue weighted by Gasteiger charge is -1.97. The Morgan fingerprint density at radius 3 is 2.76 bits per heavy atom. The molecule has 1 aromatic heterocycles. The lowest BCUT2D eigenvalue weighted by atomic mass is 10.2. The molecule has 3 nitrogen and oxygen atoms in total. The minimum Gasteiger partial charge on any atom is -0.431 e. The summed E-state index contributed by atoms with van der Waals surface area (Å²) in [5, 5.41) is 8.90. The van der Waals surface area contributed by atoms with Crippen molar-refractivity contribution in [1.29, 1.82) is 5.26 Å². The van der Waals surface area contributed by atoms with E-state index in [-0.39, 0.29) is 11.1 Å². The highest BCUT2D eigenvalue weighted by atomic mass is 32.2. The number of oxazole rings is 1. The number of thioether (sulfide) groups is 1. The monoisotopic (exact) mass is 248 g/mol. The van der Waals surface area contributed by atoms with Crippen molar-refractivity contribution in [2.45, 2.75) is 17.4 Å². The third-order valence-electron chi connectivity index (χ3n) is 2.07. The number of hydrogen-bond acceptors (Lipinski definition) is 4. The van der Waals surface area contributed by atoms with Gasteiger partial charge in [0, 0.05) is 5.56 Å². The summed E-state index contributed by atoms with van der Waals surface area (Å²) >= 11 is 1.25. The molecule has 0 spiro atoms. The van der Waals surface area contributed by atoms with Crippen LogP contribution in [0.15, 0.2) is 40.1 Å². The van der Waals surface area contributed by atoms with Gasteiger partial charge in [-0.05, 0) is 43.0 Å². The Balaban J connectivity index is 2.18. The van der Waals surface area contributed by atoms with Crippen molar-refractivity contribution in [3.63, 3.8) is 0 Å². The molecule has 0 bridgehead atoms. The largest absolute Gasteiger partial charge is 0.431 e. The Bertz CT molecular complexity index is 544. The first-order valence-corrected chi connectivity index (χ1v) is 5.85. The van der Waals surface area contributed by atoms with Gasteiger partial charge in [-0.2, -0.15) is 5.26 Å². The van der Waals surface area contributed by atoms with Crippen molar-refractivity contribution in [3.05, 3.63) is 36.3 Å². The quantitative estimate of drug-likeness (QED) is 0.780. The minimum atomic E-state index is -0.291.